The molecule has 0 aliphatic rings. The van der Waals surface area contributed by atoms with Gasteiger partial charge < -0.3 is 15.3 Å². The number of anilines is 1. The van der Waals surface area contributed by atoms with Crippen LogP contribution >= 0.6 is 11.6 Å². The fourth-order valence-corrected chi connectivity index (χ4v) is 1.80. The van der Waals surface area contributed by atoms with E-state index in [0.717, 1.165) is 0 Å². The Bertz CT molecular complexity index is 438. The zero-order valence-electron chi connectivity index (χ0n) is 11.5. The zero-order chi connectivity index (χ0) is 14.4. The molecule has 0 aliphatic carbocycles. The first kappa shape index (κ1) is 15.7. The van der Waals surface area contributed by atoms with Crippen LogP contribution in [0.4, 0.5) is 5.82 Å². The van der Waals surface area contributed by atoms with Gasteiger partial charge >= 0.3 is 0 Å². The van der Waals surface area contributed by atoms with Crippen LogP contribution in [0.1, 0.15) is 30.6 Å². The standard InChI is InChI=1S/C13H20ClN3O2/c1-4-15-12-8-10(7-11(14)16-12)13(19)17(3)6-5-9(2)18/h7-9,18H,4-6H2,1-3H3,(H,15,16). The number of nitrogens with zero attached hydrogens (tertiary/aromatic N) is 2. The van der Waals surface area contributed by atoms with E-state index >= 15 is 0 Å². The van der Waals surface area contributed by atoms with Crippen molar-refractivity contribution in [3.8, 4) is 0 Å². The van der Waals surface area contributed by atoms with E-state index in [2.05, 4.69) is 10.3 Å². The van der Waals surface area contributed by atoms with Crippen LogP contribution in [0.3, 0.4) is 0 Å². The highest BCUT2D eigenvalue weighted by atomic mass is 35.5. The highest BCUT2D eigenvalue weighted by Crippen LogP contribution is 2.16. The third-order valence-electron chi connectivity index (χ3n) is 2.63. The Morgan fingerprint density at radius 1 is 1.58 bits per heavy atom. The first-order valence-corrected chi connectivity index (χ1v) is 6.66. The van der Waals surface area contributed by atoms with Gasteiger partial charge in [-0.15, -0.1) is 0 Å². The van der Waals surface area contributed by atoms with E-state index in [-0.39, 0.29) is 11.1 Å². The smallest absolute Gasteiger partial charge is 0.253 e. The van der Waals surface area contributed by atoms with Crippen LogP contribution in [-0.4, -0.2) is 47.1 Å². The molecule has 1 unspecified atom stereocenters. The first-order chi connectivity index (χ1) is 8.93. The lowest BCUT2D eigenvalue weighted by atomic mass is 10.2. The minimum absolute atomic E-state index is 0.135. The van der Waals surface area contributed by atoms with Crippen molar-refractivity contribution in [2.24, 2.45) is 0 Å². The fraction of sp³-hybridized carbons (Fsp3) is 0.538. The summed E-state index contributed by atoms with van der Waals surface area (Å²) < 4.78 is 0. The lowest BCUT2D eigenvalue weighted by Gasteiger charge is -2.18. The summed E-state index contributed by atoms with van der Waals surface area (Å²) in [5.41, 5.74) is 0.490. The van der Waals surface area contributed by atoms with Gasteiger partial charge in [-0.2, -0.15) is 0 Å². The molecule has 1 amide bonds. The van der Waals surface area contributed by atoms with Crippen LogP contribution in [0, 0.1) is 0 Å². The fourth-order valence-electron chi connectivity index (χ4n) is 1.59. The third-order valence-corrected chi connectivity index (χ3v) is 2.82. The van der Waals surface area contributed by atoms with Gasteiger partial charge in [-0.25, -0.2) is 4.98 Å². The van der Waals surface area contributed by atoms with Gasteiger partial charge in [0.05, 0.1) is 6.10 Å². The SMILES string of the molecule is CCNc1cc(C(=O)N(C)CCC(C)O)cc(Cl)n1. The molecule has 0 spiro atoms. The highest BCUT2D eigenvalue weighted by Gasteiger charge is 2.14. The number of aromatic nitrogens is 1. The maximum absolute atomic E-state index is 12.2. The quantitative estimate of drug-likeness (QED) is 0.785. The van der Waals surface area contributed by atoms with E-state index in [1.54, 1.807) is 31.0 Å². The number of aliphatic hydroxyl groups excluding tert-OH is 1. The Balaban J connectivity index is 2.80. The molecular formula is C13H20ClN3O2. The number of hydrogen-bond donors (Lipinski definition) is 2. The summed E-state index contributed by atoms with van der Waals surface area (Å²) in [4.78, 5) is 17.8. The van der Waals surface area contributed by atoms with Crippen molar-refractivity contribution in [1.82, 2.24) is 9.88 Å². The molecule has 19 heavy (non-hydrogen) atoms. The second-order valence-corrected chi connectivity index (χ2v) is 4.85. The van der Waals surface area contributed by atoms with Gasteiger partial charge in [0.15, 0.2) is 0 Å². The highest BCUT2D eigenvalue weighted by molar-refractivity contribution is 6.29. The summed E-state index contributed by atoms with van der Waals surface area (Å²) in [6.45, 7) is 4.84. The molecule has 0 fully saturated rings. The summed E-state index contributed by atoms with van der Waals surface area (Å²) >= 11 is 5.90. The van der Waals surface area contributed by atoms with E-state index in [4.69, 9.17) is 11.6 Å². The van der Waals surface area contributed by atoms with E-state index in [0.29, 0.717) is 30.9 Å². The minimum atomic E-state index is -0.423. The van der Waals surface area contributed by atoms with Crippen LogP contribution in [0.2, 0.25) is 5.15 Å². The topological polar surface area (TPSA) is 65.5 Å². The van der Waals surface area contributed by atoms with Crippen LogP contribution in [0.15, 0.2) is 12.1 Å². The molecule has 1 rings (SSSR count). The number of carbonyl (C=O) groups excluding carboxylic acids is 1. The van der Waals surface area contributed by atoms with Crippen molar-refractivity contribution in [2.75, 3.05) is 25.5 Å². The molecule has 106 valence electrons. The average molecular weight is 286 g/mol. The van der Waals surface area contributed by atoms with Gasteiger partial charge in [0.2, 0.25) is 0 Å². The molecule has 1 aromatic heterocycles. The number of rotatable bonds is 6. The van der Waals surface area contributed by atoms with Gasteiger partial charge in [-0.1, -0.05) is 11.6 Å². The third kappa shape index (κ3) is 5.04. The molecule has 1 aromatic rings. The molecular weight excluding hydrogens is 266 g/mol. The van der Waals surface area contributed by atoms with E-state index in [1.165, 1.54) is 0 Å². The van der Waals surface area contributed by atoms with E-state index in [1.807, 2.05) is 6.92 Å². The number of hydrogen-bond acceptors (Lipinski definition) is 4. The Kier molecular flexibility index (Phi) is 6.05. The van der Waals surface area contributed by atoms with Crippen molar-refractivity contribution >= 4 is 23.3 Å². The number of pyridine rings is 1. The van der Waals surface area contributed by atoms with Crippen LogP contribution in [0.5, 0.6) is 0 Å². The first-order valence-electron chi connectivity index (χ1n) is 6.29. The summed E-state index contributed by atoms with van der Waals surface area (Å²) in [5.74, 6) is 0.450. The molecule has 0 saturated carbocycles. The van der Waals surface area contributed by atoms with Crippen molar-refractivity contribution < 1.29 is 9.90 Å². The maximum Gasteiger partial charge on any atom is 0.253 e. The van der Waals surface area contributed by atoms with E-state index in [9.17, 15) is 9.90 Å². The molecule has 0 aromatic carbocycles. The number of amides is 1. The second kappa shape index (κ2) is 7.31. The minimum Gasteiger partial charge on any atom is -0.393 e. The monoisotopic (exact) mass is 285 g/mol. The van der Waals surface area contributed by atoms with Gasteiger partial charge in [0.1, 0.15) is 11.0 Å². The van der Waals surface area contributed by atoms with Gasteiger partial charge in [-0.05, 0) is 32.4 Å². The molecule has 0 radical (unpaired) electrons. The number of nitrogens with one attached hydrogen (secondary N) is 1. The van der Waals surface area contributed by atoms with Gasteiger partial charge in [-0.3, -0.25) is 4.79 Å². The lowest BCUT2D eigenvalue weighted by molar-refractivity contribution is 0.0769. The average Bonchev–Trinajstić information content (AvgIpc) is 2.34. The van der Waals surface area contributed by atoms with E-state index < -0.39 is 6.10 Å². The number of halogens is 1. The van der Waals surface area contributed by atoms with Crippen LogP contribution in [0.25, 0.3) is 0 Å². The molecule has 0 saturated heterocycles. The predicted octanol–water partition coefficient (Wildman–Crippen LogP) is 2.01. The Hall–Kier alpha value is -1.33. The Morgan fingerprint density at radius 2 is 2.26 bits per heavy atom. The zero-order valence-corrected chi connectivity index (χ0v) is 12.2. The normalized spacial score (nSPS) is 12.1. The molecule has 1 atom stereocenters. The number of aliphatic hydroxyl groups is 1. The van der Waals surface area contributed by atoms with Crippen molar-refractivity contribution in [2.45, 2.75) is 26.4 Å². The summed E-state index contributed by atoms with van der Waals surface area (Å²) in [7, 11) is 1.70. The largest absolute Gasteiger partial charge is 0.393 e. The molecule has 6 heteroatoms. The predicted molar refractivity (Wildman–Crippen MR) is 76.7 cm³/mol. The molecule has 5 nitrogen and oxygen atoms in total. The lowest BCUT2D eigenvalue weighted by Crippen LogP contribution is -2.29. The van der Waals surface area contributed by atoms with Crippen molar-refractivity contribution in [3.63, 3.8) is 0 Å². The molecule has 2 N–H and O–H groups in total. The molecule has 0 bridgehead atoms. The Labute approximate surface area is 118 Å². The van der Waals surface area contributed by atoms with Crippen molar-refractivity contribution in [1.29, 1.82) is 0 Å². The summed E-state index contributed by atoms with van der Waals surface area (Å²) in [6, 6.07) is 3.22. The second-order valence-electron chi connectivity index (χ2n) is 4.46. The molecule has 0 aliphatic heterocycles. The maximum atomic E-state index is 12.2. The van der Waals surface area contributed by atoms with Gasteiger partial charge in [0.25, 0.3) is 5.91 Å². The summed E-state index contributed by atoms with van der Waals surface area (Å²) in [6.07, 6.45) is 0.120. The Morgan fingerprint density at radius 3 is 2.84 bits per heavy atom. The van der Waals surface area contributed by atoms with Gasteiger partial charge in [0, 0.05) is 25.7 Å². The van der Waals surface area contributed by atoms with Crippen molar-refractivity contribution in [3.05, 3.63) is 22.8 Å². The summed E-state index contributed by atoms with van der Waals surface area (Å²) in [5, 5.41) is 12.5. The number of carbonyl (C=O) groups is 1. The van der Waals surface area contributed by atoms with Crippen LogP contribution < -0.4 is 5.32 Å². The molecule has 1 heterocycles. The van der Waals surface area contributed by atoms with Crippen LogP contribution in [-0.2, 0) is 0 Å².